The second-order valence-corrected chi connectivity index (χ2v) is 5.00. The summed E-state index contributed by atoms with van der Waals surface area (Å²) in [6.07, 6.45) is 6.46. The first-order valence-corrected chi connectivity index (χ1v) is 6.38. The Hall–Kier alpha value is -1.26. The normalized spacial score (nSPS) is 15.2. The predicted molar refractivity (Wildman–Crippen MR) is 65.2 cm³/mol. The number of nitrogens with one attached hydrogen (secondary N) is 1. The smallest absolute Gasteiger partial charge is 0.169 e. The molecule has 1 aliphatic carbocycles. The molecular formula is C12H13N3S. The van der Waals surface area contributed by atoms with Gasteiger partial charge >= 0.3 is 0 Å². The van der Waals surface area contributed by atoms with Crippen molar-refractivity contribution in [3.8, 4) is 10.7 Å². The fraction of sp³-hybridized carbons (Fsp3) is 0.333. The molecule has 0 atom stereocenters. The van der Waals surface area contributed by atoms with Crippen LogP contribution in [0, 0.1) is 0 Å². The van der Waals surface area contributed by atoms with Gasteiger partial charge in [0.2, 0.25) is 0 Å². The molecule has 4 heteroatoms. The van der Waals surface area contributed by atoms with Crippen molar-refractivity contribution >= 4 is 11.3 Å². The van der Waals surface area contributed by atoms with Gasteiger partial charge in [0.25, 0.3) is 0 Å². The molecule has 1 saturated carbocycles. The van der Waals surface area contributed by atoms with Crippen LogP contribution in [0.1, 0.15) is 18.4 Å². The van der Waals surface area contributed by atoms with Gasteiger partial charge < -0.3 is 5.32 Å². The number of hydrogen-bond acceptors (Lipinski definition) is 4. The Labute approximate surface area is 98.6 Å². The van der Waals surface area contributed by atoms with Gasteiger partial charge in [0.1, 0.15) is 0 Å². The van der Waals surface area contributed by atoms with E-state index in [9.17, 15) is 0 Å². The average Bonchev–Trinajstić information content (AvgIpc) is 3.00. The fourth-order valence-corrected chi connectivity index (χ4v) is 2.20. The highest BCUT2D eigenvalue weighted by molar-refractivity contribution is 7.13. The molecule has 0 spiro atoms. The lowest BCUT2D eigenvalue weighted by Gasteiger charge is -2.02. The number of nitrogens with zero attached hydrogens (tertiary/aromatic N) is 2. The van der Waals surface area contributed by atoms with Crippen LogP contribution in [-0.2, 0) is 6.54 Å². The van der Waals surface area contributed by atoms with E-state index in [1.54, 1.807) is 11.3 Å². The van der Waals surface area contributed by atoms with E-state index in [0.29, 0.717) is 0 Å². The number of hydrogen-bond donors (Lipinski definition) is 1. The van der Waals surface area contributed by atoms with Crippen LogP contribution in [0.3, 0.4) is 0 Å². The average molecular weight is 231 g/mol. The van der Waals surface area contributed by atoms with Crippen molar-refractivity contribution in [1.82, 2.24) is 15.3 Å². The summed E-state index contributed by atoms with van der Waals surface area (Å²) in [5.41, 5.74) is 1.16. The van der Waals surface area contributed by atoms with Crippen LogP contribution in [-0.4, -0.2) is 16.0 Å². The summed E-state index contributed by atoms with van der Waals surface area (Å²) in [7, 11) is 0. The lowest BCUT2D eigenvalue weighted by Crippen LogP contribution is -2.15. The third-order valence-corrected chi connectivity index (χ3v) is 3.48. The largest absolute Gasteiger partial charge is 0.310 e. The quantitative estimate of drug-likeness (QED) is 0.878. The second-order valence-electron chi connectivity index (χ2n) is 4.05. The molecule has 3 nitrogen and oxygen atoms in total. The summed E-state index contributed by atoms with van der Waals surface area (Å²) < 4.78 is 0. The Balaban J connectivity index is 1.69. The number of rotatable bonds is 4. The van der Waals surface area contributed by atoms with Gasteiger partial charge in [0, 0.05) is 30.5 Å². The van der Waals surface area contributed by atoms with E-state index in [1.165, 1.54) is 12.8 Å². The maximum Gasteiger partial charge on any atom is 0.169 e. The molecule has 1 N–H and O–H groups in total. The predicted octanol–water partition coefficient (Wildman–Crippen LogP) is 2.46. The summed E-state index contributed by atoms with van der Waals surface area (Å²) in [5, 5.41) is 5.49. The van der Waals surface area contributed by atoms with Gasteiger partial charge in [-0.3, -0.25) is 0 Å². The van der Waals surface area contributed by atoms with Crippen molar-refractivity contribution in [3.05, 3.63) is 35.5 Å². The van der Waals surface area contributed by atoms with Gasteiger partial charge in [-0.05, 0) is 24.3 Å². The van der Waals surface area contributed by atoms with Crippen LogP contribution in [0.5, 0.6) is 0 Å². The van der Waals surface area contributed by atoms with Gasteiger partial charge in [-0.1, -0.05) is 6.07 Å². The molecule has 0 aliphatic heterocycles. The molecule has 1 aliphatic rings. The molecule has 0 radical (unpaired) electrons. The molecule has 0 amide bonds. The molecular weight excluding hydrogens is 218 g/mol. The standard InChI is InChI=1S/C12H13N3S/c1-2-11(16-5-1)12-14-7-9(8-15-12)6-13-10-3-4-10/h1-2,5,7-8,10,13H,3-4,6H2. The minimum atomic E-state index is 0.733. The monoisotopic (exact) mass is 231 g/mol. The maximum absolute atomic E-state index is 4.38. The van der Waals surface area contributed by atoms with Crippen LogP contribution < -0.4 is 5.32 Å². The zero-order valence-corrected chi connectivity index (χ0v) is 9.70. The van der Waals surface area contributed by atoms with Crippen molar-refractivity contribution in [2.24, 2.45) is 0 Å². The van der Waals surface area contributed by atoms with Crippen LogP contribution in [0.15, 0.2) is 29.9 Å². The van der Waals surface area contributed by atoms with Crippen molar-refractivity contribution in [2.45, 2.75) is 25.4 Å². The van der Waals surface area contributed by atoms with Crippen LogP contribution in [0.2, 0.25) is 0 Å². The van der Waals surface area contributed by atoms with E-state index in [1.807, 2.05) is 29.9 Å². The zero-order valence-electron chi connectivity index (χ0n) is 8.89. The number of thiophene rings is 1. The SMILES string of the molecule is c1csc(-c2ncc(CNC3CC3)cn2)c1. The third-order valence-electron chi connectivity index (χ3n) is 2.62. The number of aromatic nitrogens is 2. The van der Waals surface area contributed by atoms with Gasteiger partial charge in [-0.15, -0.1) is 11.3 Å². The summed E-state index contributed by atoms with van der Waals surface area (Å²) >= 11 is 1.67. The maximum atomic E-state index is 4.38. The Morgan fingerprint density at radius 2 is 2.12 bits per heavy atom. The molecule has 0 unspecified atom stereocenters. The van der Waals surface area contributed by atoms with Crippen LogP contribution >= 0.6 is 11.3 Å². The summed E-state index contributed by atoms with van der Waals surface area (Å²) in [6.45, 7) is 0.884. The van der Waals surface area contributed by atoms with E-state index in [2.05, 4.69) is 15.3 Å². The lowest BCUT2D eigenvalue weighted by atomic mass is 10.3. The van der Waals surface area contributed by atoms with Gasteiger partial charge in [-0.25, -0.2) is 9.97 Å². The van der Waals surface area contributed by atoms with E-state index >= 15 is 0 Å². The van der Waals surface area contributed by atoms with E-state index in [-0.39, 0.29) is 0 Å². The molecule has 0 aromatic carbocycles. The zero-order chi connectivity index (χ0) is 10.8. The Kier molecular flexibility index (Phi) is 2.68. The second kappa shape index (κ2) is 4.31. The van der Waals surface area contributed by atoms with E-state index in [4.69, 9.17) is 0 Å². The highest BCUT2D eigenvalue weighted by atomic mass is 32.1. The first kappa shape index (κ1) is 9.93. The molecule has 0 bridgehead atoms. The van der Waals surface area contributed by atoms with Crippen molar-refractivity contribution in [3.63, 3.8) is 0 Å². The Morgan fingerprint density at radius 1 is 1.31 bits per heavy atom. The summed E-state index contributed by atoms with van der Waals surface area (Å²) in [4.78, 5) is 9.88. The first-order valence-electron chi connectivity index (χ1n) is 5.50. The molecule has 82 valence electrons. The Bertz CT molecular complexity index is 446. The topological polar surface area (TPSA) is 37.8 Å². The minimum absolute atomic E-state index is 0.733. The van der Waals surface area contributed by atoms with Crippen LogP contribution in [0.25, 0.3) is 10.7 Å². The highest BCUT2D eigenvalue weighted by Crippen LogP contribution is 2.21. The molecule has 2 heterocycles. The minimum Gasteiger partial charge on any atom is -0.310 e. The van der Waals surface area contributed by atoms with Crippen molar-refractivity contribution in [2.75, 3.05) is 0 Å². The van der Waals surface area contributed by atoms with Gasteiger partial charge in [0.05, 0.1) is 4.88 Å². The van der Waals surface area contributed by atoms with Gasteiger partial charge in [-0.2, -0.15) is 0 Å². The molecule has 1 fully saturated rings. The summed E-state index contributed by atoms with van der Waals surface area (Å²) in [6, 6.07) is 4.80. The summed E-state index contributed by atoms with van der Waals surface area (Å²) in [5.74, 6) is 0.824. The molecule has 16 heavy (non-hydrogen) atoms. The Morgan fingerprint density at radius 3 is 2.75 bits per heavy atom. The van der Waals surface area contributed by atoms with E-state index in [0.717, 1.165) is 28.9 Å². The van der Waals surface area contributed by atoms with Crippen molar-refractivity contribution < 1.29 is 0 Å². The van der Waals surface area contributed by atoms with Gasteiger partial charge in [0.15, 0.2) is 5.82 Å². The van der Waals surface area contributed by atoms with Crippen LogP contribution in [0.4, 0.5) is 0 Å². The molecule has 3 rings (SSSR count). The molecule has 2 aromatic rings. The highest BCUT2D eigenvalue weighted by Gasteiger charge is 2.19. The third kappa shape index (κ3) is 2.28. The van der Waals surface area contributed by atoms with Crippen molar-refractivity contribution in [1.29, 1.82) is 0 Å². The molecule has 2 aromatic heterocycles. The van der Waals surface area contributed by atoms with E-state index < -0.39 is 0 Å². The lowest BCUT2D eigenvalue weighted by molar-refractivity contribution is 0.684. The first-order chi connectivity index (χ1) is 7.92. The fourth-order valence-electron chi connectivity index (χ4n) is 1.53. The molecule has 0 saturated heterocycles.